The summed E-state index contributed by atoms with van der Waals surface area (Å²) in [7, 11) is 3.82. The predicted octanol–water partition coefficient (Wildman–Crippen LogP) is 1.74. The Bertz CT molecular complexity index is 566. The summed E-state index contributed by atoms with van der Waals surface area (Å²) < 4.78 is 5.46. The molecule has 0 saturated carbocycles. The van der Waals surface area contributed by atoms with Crippen LogP contribution in [0, 0.1) is 5.41 Å². The maximum absolute atomic E-state index is 13.0. The fourth-order valence-electron chi connectivity index (χ4n) is 2.40. The fourth-order valence-corrected chi connectivity index (χ4v) is 2.67. The van der Waals surface area contributed by atoms with Gasteiger partial charge in [-0.1, -0.05) is 20.8 Å². The first-order valence-corrected chi connectivity index (χ1v) is 7.32. The third-order valence-electron chi connectivity index (χ3n) is 3.64. The van der Waals surface area contributed by atoms with E-state index in [1.54, 1.807) is 17.3 Å². The number of thiocarbonyl (C=S) groups is 1. The minimum absolute atomic E-state index is 0.0623. The second-order valence-corrected chi connectivity index (χ2v) is 6.82. The number of H-pyrrole nitrogens is 1. The maximum Gasteiger partial charge on any atom is 0.269 e. The summed E-state index contributed by atoms with van der Waals surface area (Å²) in [5, 5.41) is 0.258. The molecule has 1 N–H and O–H groups in total. The molecular formula is C15H22N3O2S+. The molecule has 114 valence electrons. The van der Waals surface area contributed by atoms with Crippen molar-refractivity contribution >= 4 is 29.0 Å². The van der Waals surface area contributed by atoms with Gasteiger partial charge in [0.15, 0.2) is 12.4 Å². The van der Waals surface area contributed by atoms with Crippen molar-refractivity contribution in [2.24, 2.45) is 5.41 Å². The van der Waals surface area contributed by atoms with Gasteiger partial charge in [0.25, 0.3) is 11.1 Å². The highest BCUT2D eigenvalue weighted by Crippen LogP contribution is 2.31. The van der Waals surface area contributed by atoms with E-state index in [1.807, 2.05) is 25.1 Å². The number of nitrogens with zero attached hydrogens (tertiary/aromatic N) is 2. The second kappa shape index (κ2) is 5.60. The van der Waals surface area contributed by atoms with Gasteiger partial charge in [0.1, 0.15) is 12.2 Å². The normalized spacial score (nSPS) is 18.6. The average molecular weight is 308 g/mol. The Morgan fingerprint density at radius 1 is 1.48 bits per heavy atom. The summed E-state index contributed by atoms with van der Waals surface area (Å²) in [6.07, 6.45) is 3.50. The fraction of sp³-hybridized carbons (Fsp3) is 0.533. The van der Waals surface area contributed by atoms with Crippen LogP contribution in [0.25, 0.3) is 0 Å². The molecule has 0 radical (unpaired) electrons. The molecular weight excluding hydrogens is 286 g/mol. The lowest BCUT2D eigenvalue weighted by Gasteiger charge is -2.32. The summed E-state index contributed by atoms with van der Waals surface area (Å²) in [6, 6.07) is 1.81. The van der Waals surface area contributed by atoms with Gasteiger partial charge >= 0.3 is 0 Å². The Morgan fingerprint density at radius 2 is 2.14 bits per heavy atom. The van der Waals surface area contributed by atoms with Crippen LogP contribution in [0.1, 0.15) is 31.1 Å². The molecule has 6 heteroatoms. The van der Waals surface area contributed by atoms with Crippen LogP contribution in [0.2, 0.25) is 0 Å². The molecule has 1 aromatic heterocycles. The highest BCUT2D eigenvalue weighted by molar-refractivity contribution is 7.80. The van der Waals surface area contributed by atoms with Crippen LogP contribution in [0.5, 0.6) is 0 Å². The highest BCUT2D eigenvalue weighted by atomic mass is 32.1. The number of hydrogen-bond donors (Lipinski definition) is 0. The van der Waals surface area contributed by atoms with Gasteiger partial charge in [-0.2, -0.15) is 0 Å². The van der Waals surface area contributed by atoms with E-state index in [9.17, 15) is 4.79 Å². The Labute approximate surface area is 130 Å². The molecule has 0 unspecified atom stereocenters. The van der Waals surface area contributed by atoms with Crippen molar-refractivity contribution < 1.29 is 14.5 Å². The Kier molecular flexibility index (Phi) is 4.18. The standard InChI is InChI=1S/C15H21N3O2S/c1-15(2,3)12-9-20-14(21)18(12)13(19)10-8-16-7-6-11(10)17(4)5/h6-8,12H,9H2,1-5H3/p+1/t12-/m1/s1. The second-order valence-electron chi connectivity index (χ2n) is 6.47. The molecule has 1 aliphatic rings. The molecule has 1 fully saturated rings. The van der Waals surface area contributed by atoms with E-state index in [0.29, 0.717) is 12.2 Å². The van der Waals surface area contributed by atoms with Crippen molar-refractivity contribution in [3.63, 3.8) is 0 Å². The molecule has 0 aromatic carbocycles. The van der Waals surface area contributed by atoms with Gasteiger partial charge in [-0.25, -0.2) is 4.98 Å². The van der Waals surface area contributed by atoms with E-state index in [2.05, 4.69) is 25.8 Å². The van der Waals surface area contributed by atoms with Crippen molar-refractivity contribution in [1.29, 1.82) is 0 Å². The van der Waals surface area contributed by atoms with Gasteiger partial charge in [0.2, 0.25) is 0 Å². The molecule has 0 bridgehead atoms. The molecule has 1 atom stereocenters. The van der Waals surface area contributed by atoms with E-state index in [-0.39, 0.29) is 22.5 Å². The van der Waals surface area contributed by atoms with Crippen molar-refractivity contribution in [3.8, 4) is 0 Å². The lowest BCUT2D eigenvalue weighted by Crippen LogP contribution is -2.46. The van der Waals surface area contributed by atoms with Gasteiger partial charge in [0.05, 0.1) is 11.7 Å². The number of ether oxygens (including phenoxy) is 1. The molecule has 0 spiro atoms. The Hall–Kier alpha value is -1.69. The van der Waals surface area contributed by atoms with E-state index in [4.69, 9.17) is 17.0 Å². The number of hydrogen-bond acceptors (Lipinski definition) is 4. The number of carbonyl (C=O) groups excluding carboxylic acids is 1. The van der Waals surface area contributed by atoms with E-state index in [1.165, 1.54) is 0 Å². The number of anilines is 1. The maximum atomic E-state index is 13.0. The highest BCUT2D eigenvalue weighted by Gasteiger charge is 2.43. The lowest BCUT2D eigenvalue weighted by molar-refractivity contribution is -0.378. The first-order valence-electron chi connectivity index (χ1n) is 6.91. The monoisotopic (exact) mass is 308 g/mol. The molecule has 2 heterocycles. The smallest absolute Gasteiger partial charge is 0.269 e. The number of pyridine rings is 1. The minimum Gasteiger partial charge on any atom is -0.468 e. The van der Waals surface area contributed by atoms with Crippen LogP contribution in [0.15, 0.2) is 18.5 Å². The zero-order valence-corrected chi connectivity index (χ0v) is 14.0. The van der Waals surface area contributed by atoms with Crippen LogP contribution in [-0.4, -0.2) is 42.7 Å². The van der Waals surface area contributed by atoms with Crippen molar-refractivity contribution in [2.45, 2.75) is 26.8 Å². The van der Waals surface area contributed by atoms with Crippen molar-refractivity contribution in [2.75, 3.05) is 25.6 Å². The van der Waals surface area contributed by atoms with Gasteiger partial charge in [-0.05, 0) is 17.6 Å². The SMILES string of the molecule is CN(C)c1cc[nH+]cc1C(=O)N1C(=S)OC[C@@H]1C(C)(C)C. The molecule has 0 aliphatic carbocycles. The molecule has 21 heavy (non-hydrogen) atoms. The van der Waals surface area contributed by atoms with Gasteiger partial charge < -0.3 is 9.64 Å². The van der Waals surface area contributed by atoms with Crippen LogP contribution in [-0.2, 0) is 4.74 Å². The van der Waals surface area contributed by atoms with E-state index >= 15 is 0 Å². The number of aromatic amines is 1. The predicted molar refractivity (Wildman–Crippen MR) is 85.3 cm³/mol. The van der Waals surface area contributed by atoms with Gasteiger partial charge in [0, 0.05) is 20.2 Å². The van der Waals surface area contributed by atoms with E-state index in [0.717, 1.165) is 5.69 Å². The Balaban J connectivity index is 2.41. The average Bonchev–Trinajstić information content (AvgIpc) is 2.79. The first-order chi connectivity index (χ1) is 9.73. The summed E-state index contributed by atoms with van der Waals surface area (Å²) in [6.45, 7) is 6.69. The molecule has 1 amide bonds. The van der Waals surface area contributed by atoms with Crippen LogP contribution in [0.3, 0.4) is 0 Å². The molecule has 2 rings (SSSR count). The van der Waals surface area contributed by atoms with Crippen molar-refractivity contribution in [3.05, 3.63) is 24.0 Å². The molecule has 1 aromatic rings. The number of nitrogens with one attached hydrogen (secondary N) is 1. The topological polar surface area (TPSA) is 46.9 Å². The number of amides is 1. The number of aromatic nitrogens is 1. The van der Waals surface area contributed by atoms with E-state index < -0.39 is 0 Å². The Morgan fingerprint density at radius 3 is 2.71 bits per heavy atom. The number of carbonyl (C=O) groups is 1. The van der Waals surface area contributed by atoms with Gasteiger partial charge in [-0.3, -0.25) is 9.69 Å². The first kappa shape index (κ1) is 15.7. The quantitative estimate of drug-likeness (QED) is 0.781. The summed E-state index contributed by atoms with van der Waals surface area (Å²) in [5.41, 5.74) is 1.33. The molecule has 1 saturated heterocycles. The minimum atomic E-state index is -0.127. The zero-order valence-electron chi connectivity index (χ0n) is 13.1. The van der Waals surface area contributed by atoms with Crippen LogP contribution >= 0.6 is 12.2 Å². The third kappa shape index (κ3) is 3.00. The zero-order chi connectivity index (χ0) is 15.8. The molecule has 1 aliphatic heterocycles. The van der Waals surface area contributed by atoms with Gasteiger partial charge in [-0.15, -0.1) is 0 Å². The summed E-state index contributed by atoms with van der Waals surface area (Å²) in [4.78, 5) is 19.4. The van der Waals surface area contributed by atoms with Crippen molar-refractivity contribution in [1.82, 2.24) is 4.90 Å². The molecule has 5 nitrogen and oxygen atoms in total. The third-order valence-corrected chi connectivity index (χ3v) is 3.96. The van der Waals surface area contributed by atoms with Crippen LogP contribution < -0.4 is 9.88 Å². The summed E-state index contributed by atoms with van der Waals surface area (Å²) in [5.74, 6) is -0.127. The number of rotatable bonds is 2. The lowest BCUT2D eigenvalue weighted by atomic mass is 9.86. The van der Waals surface area contributed by atoms with Crippen LogP contribution in [0.4, 0.5) is 5.69 Å². The largest absolute Gasteiger partial charge is 0.468 e. The summed E-state index contributed by atoms with van der Waals surface area (Å²) >= 11 is 5.23.